The van der Waals surface area contributed by atoms with Crippen molar-refractivity contribution in [3.05, 3.63) is 24.3 Å². The highest BCUT2D eigenvalue weighted by molar-refractivity contribution is 7.67. The number of methoxy groups -OCH3 is 2. The van der Waals surface area contributed by atoms with Gasteiger partial charge in [0.15, 0.2) is 0 Å². The molecular formula is C35H53O5P. The van der Waals surface area contributed by atoms with E-state index in [1.807, 2.05) is 32.0 Å². The summed E-state index contributed by atoms with van der Waals surface area (Å²) < 4.78 is 31.5. The summed E-state index contributed by atoms with van der Waals surface area (Å²) in [4.78, 5) is 0. The Kier molecular flexibility index (Phi) is 11.5. The summed E-state index contributed by atoms with van der Waals surface area (Å²) in [5.74, 6) is 3.99. The van der Waals surface area contributed by atoms with E-state index in [1.54, 1.807) is 14.2 Å². The van der Waals surface area contributed by atoms with Crippen LogP contribution in [0.2, 0.25) is 0 Å². The summed E-state index contributed by atoms with van der Waals surface area (Å²) in [5.41, 5.74) is 3.50. The fourth-order valence-corrected chi connectivity index (χ4v) is 10.5. The molecule has 2 aliphatic rings. The SMILES string of the molecule is COc1cc(OC)c(-c2c(OC(C)C)cc(OC(C)C)cc2OC(C)C)c(P(C2CCCCC2)C2CCCCC2)c1. The second kappa shape index (κ2) is 14.9. The molecule has 4 rings (SSSR count). The summed E-state index contributed by atoms with van der Waals surface area (Å²) in [6.07, 6.45) is 13.3. The molecule has 0 saturated heterocycles. The Morgan fingerprint density at radius 2 is 1.00 bits per heavy atom. The normalized spacial score (nSPS) is 17.0. The van der Waals surface area contributed by atoms with E-state index in [2.05, 4.69) is 33.8 Å². The van der Waals surface area contributed by atoms with E-state index < -0.39 is 7.92 Å². The molecule has 0 radical (unpaired) electrons. The van der Waals surface area contributed by atoms with Crippen LogP contribution in [-0.4, -0.2) is 43.8 Å². The molecule has 0 spiro atoms. The minimum Gasteiger partial charge on any atom is -0.497 e. The number of hydrogen-bond donors (Lipinski definition) is 0. The quantitative estimate of drug-likeness (QED) is 0.233. The van der Waals surface area contributed by atoms with Crippen LogP contribution < -0.4 is 29.0 Å². The predicted molar refractivity (Wildman–Crippen MR) is 173 cm³/mol. The summed E-state index contributed by atoms with van der Waals surface area (Å²) in [7, 11) is 3.07. The van der Waals surface area contributed by atoms with Crippen LogP contribution in [0.4, 0.5) is 0 Å². The van der Waals surface area contributed by atoms with Crippen molar-refractivity contribution in [2.75, 3.05) is 14.2 Å². The highest BCUT2D eigenvalue weighted by atomic mass is 31.1. The average molecular weight is 585 g/mol. The molecule has 2 fully saturated rings. The molecule has 0 atom stereocenters. The Hall–Kier alpha value is -2.13. The minimum atomic E-state index is -0.470. The maximum atomic E-state index is 6.59. The second-order valence-corrected chi connectivity index (χ2v) is 15.3. The van der Waals surface area contributed by atoms with Gasteiger partial charge in [-0.05, 0) is 89.9 Å². The topological polar surface area (TPSA) is 46.2 Å². The Morgan fingerprint density at radius 1 is 0.537 bits per heavy atom. The largest absolute Gasteiger partial charge is 0.497 e. The monoisotopic (exact) mass is 584 g/mol. The number of rotatable bonds is 12. The van der Waals surface area contributed by atoms with E-state index in [1.165, 1.54) is 69.5 Å². The van der Waals surface area contributed by atoms with Crippen LogP contribution in [-0.2, 0) is 0 Å². The molecule has 0 amide bonds. The molecule has 0 heterocycles. The third-order valence-electron chi connectivity index (χ3n) is 8.11. The second-order valence-electron chi connectivity index (χ2n) is 12.5. The van der Waals surface area contributed by atoms with Gasteiger partial charge in [0.25, 0.3) is 0 Å². The Balaban J connectivity index is 2.04. The molecule has 0 bridgehead atoms. The van der Waals surface area contributed by atoms with E-state index in [0.717, 1.165) is 39.9 Å². The molecule has 5 nitrogen and oxygen atoms in total. The van der Waals surface area contributed by atoms with E-state index in [9.17, 15) is 0 Å². The fourth-order valence-electron chi connectivity index (χ4n) is 6.57. The maximum Gasteiger partial charge on any atom is 0.135 e. The Labute approximate surface area is 250 Å². The van der Waals surface area contributed by atoms with Gasteiger partial charge in [0.05, 0.1) is 38.1 Å². The minimum absolute atomic E-state index is 0.0131. The third kappa shape index (κ3) is 8.04. The smallest absolute Gasteiger partial charge is 0.135 e. The molecule has 2 aromatic carbocycles. The molecule has 0 unspecified atom stereocenters. The van der Waals surface area contributed by atoms with Gasteiger partial charge < -0.3 is 23.7 Å². The third-order valence-corrected chi connectivity index (χ3v) is 11.6. The molecule has 228 valence electrons. The zero-order valence-electron chi connectivity index (χ0n) is 26.8. The molecule has 0 N–H and O–H groups in total. The van der Waals surface area contributed by atoms with Crippen molar-refractivity contribution in [3.63, 3.8) is 0 Å². The first-order valence-corrected chi connectivity index (χ1v) is 17.4. The lowest BCUT2D eigenvalue weighted by atomic mass is 9.99. The van der Waals surface area contributed by atoms with Crippen molar-refractivity contribution in [2.24, 2.45) is 0 Å². The summed E-state index contributed by atoms with van der Waals surface area (Å²) in [6.45, 7) is 12.4. The molecule has 41 heavy (non-hydrogen) atoms. The first-order valence-electron chi connectivity index (χ1n) is 15.9. The molecule has 6 heteroatoms. The molecule has 0 aromatic heterocycles. The lowest BCUT2D eigenvalue weighted by molar-refractivity contribution is 0.218. The van der Waals surface area contributed by atoms with Crippen LogP contribution in [0.5, 0.6) is 28.7 Å². The molecule has 2 aliphatic carbocycles. The first-order chi connectivity index (χ1) is 19.7. The van der Waals surface area contributed by atoms with Crippen LogP contribution in [0.3, 0.4) is 0 Å². The van der Waals surface area contributed by atoms with Crippen LogP contribution in [0.15, 0.2) is 24.3 Å². The first kappa shape index (κ1) is 31.8. The molecule has 2 aromatic rings. The lowest BCUT2D eigenvalue weighted by Crippen LogP contribution is -2.27. The predicted octanol–water partition coefficient (Wildman–Crippen LogP) is 9.50. The fraction of sp³-hybridized carbons (Fsp3) is 0.657. The number of benzene rings is 2. The molecule has 2 saturated carbocycles. The van der Waals surface area contributed by atoms with Crippen molar-refractivity contribution >= 4 is 13.2 Å². The van der Waals surface area contributed by atoms with Crippen molar-refractivity contribution in [2.45, 2.75) is 135 Å². The van der Waals surface area contributed by atoms with E-state index in [-0.39, 0.29) is 18.3 Å². The van der Waals surface area contributed by atoms with Crippen molar-refractivity contribution in [1.82, 2.24) is 0 Å². The van der Waals surface area contributed by atoms with Gasteiger partial charge in [-0.3, -0.25) is 0 Å². The Bertz CT molecular complexity index is 1070. The summed E-state index contributed by atoms with van der Waals surface area (Å²) in [6, 6.07) is 8.44. The van der Waals surface area contributed by atoms with Gasteiger partial charge in [0.1, 0.15) is 28.7 Å². The summed E-state index contributed by atoms with van der Waals surface area (Å²) >= 11 is 0. The van der Waals surface area contributed by atoms with Gasteiger partial charge in [-0.2, -0.15) is 0 Å². The van der Waals surface area contributed by atoms with Crippen LogP contribution in [0.1, 0.15) is 106 Å². The molecular weight excluding hydrogens is 531 g/mol. The van der Waals surface area contributed by atoms with Gasteiger partial charge in [-0.1, -0.05) is 46.4 Å². The standard InChI is InChI=1S/C35H53O5P/c1-23(2)38-27-20-31(39-24(3)4)34(32(21-27)40-25(5)6)35-30(37-8)19-26(36-7)22-33(35)41(28-15-11-9-12-16-28)29-17-13-10-14-18-29/h19-25,28-29H,9-18H2,1-8H3. The Morgan fingerprint density at radius 3 is 1.41 bits per heavy atom. The zero-order chi connectivity index (χ0) is 29.5. The number of ether oxygens (including phenoxy) is 5. The van der Waals surface area contributed by atoms with Crippen LogP contribution in [0, 0.1) is 0 Å². The lowest BCUT2D eigenvalue weighted by Gasteiger charge is -2.40. The summed E-state index contributed by atoms with van der Waals surface area (Å²) in [5, 5.41) is 1.38. The van der Waals surface area contributed by atoms with Crippen molar-refractivity contribution in [3.8, 4) is 39.9 Å². The highest BCUT2D eigenvalue weighted by Gasteiger charge is 2.36. The number of hydrogen-bond acceptors (Lipinski definition) is 5. The van der Waals surface area contributed by atoms with Crippen molar-refractivity contribution < 1.29 is 23.7 Å². The van der Waals surface area contributed by atoms with Gasteiger partial charge in [0, 0.05) is 23.8 Å². The average Bonchev–Trinajstić information content (AvgIpc) is 2.93. The van der Waals surface area contributed by atoms with Gasteiger partial charge in [-0.25, -0.2) is 0 Å². The van der Waals surface area contributed by atoms with E-state index in [4.69, 9.17) is 23.7 Å². The maximum absolute atomic E-state index is 6.59. The van der Waals surface area contributed by atoms with Crippen molar-refractivity contribution in [1.29, 1.82) is 0 Å². The highest BCUT2D eigenvalue weighted by Crippen LogP contribution is 2.59. The van der Waals surface area contributed by atoms with Crippen LogP contribution in [0.25, 0.3) is 11.1 Å². The van der Waals surface area contributed by atoms with Gasteiger partial charge >= 0.3 is 0 Å². The van der Waals surface area contributed by atoms with E-state index >= 15 is 0 Å². The molecule has 0 aliphatic heterocycles. The zero-order valence-corrected chi connectivity index (χ0v) is 27.7. The van der Waals surface area contributed by atoms with Gasteiger partial charge in [0.2, 0.25) is 0 Å². The van der Waals surface area contributed by atoms with Gasteiger partial charge in [-0.15, -0.1) is 0 Å². The van der Waals surface area contributed by atoms with E-state index in [0.29, 0.717) is 11.3 Å². The van der Waals surface area contributed by atoms with Crippen LogP contribution >= 0.6 is 7.92 Å².